The Labute approximate surface area is 119 Å². The number of thioether (sulfide) groups is 1. The molecule has 0 aromatic carbocycles. The van der Waals surface area contributed by atoms with Crippen molar-refractivity contribution >= 4 is 23.4 Å². The van der Waals surface area contributed by atoms with E-state index in [-0.39, 0.29) is 0 Å². The fourth-order valence-corrected chi connectivity index (χ4v) is 2.50. The Bertz CT molecular complexity index is 385. The number of hydrogen-bond acceptors (Lipinski definition) is 6. The molecule has 1 aromatic heterocycles. The van der Waals surface area contributed by atoms with Gasteiger partial charge in [0.25, 0.3) is 0 Å². The van der Waals surface area contributed by atoms with E-state index in [0.29, 0.717) is 6.04 Å². The number of rotatable bonds is 6. The molecule has 1 saturated heterocycles. The molecule has 1 aliphatic rings. The summed E-state index contributed by atoms with van der Waals surface area (Å²) in [6.07, 6.45) is 5.99. The van der Waals surface area contributed by atoms with Gasteiger partial charge in [0.05, 0.1) is 12.6 Å². The lowest BCUT2D eigenvalue weighted by molar-refractivity contribution is 0.0875. The van der Waals surface area contributed by atoms with E-state index in [1.54, 1.807) is 6.33 Å². The molecule has 1 fully saturated rings. The Balaban J connectivity index is 1.93. The van der Waals surface area contributed by atoms with Crippen LogP contribution >= 0.6 is 11.8 Å². The second-order valence-electron chi connectivity index (χ2n) is 4.73. The summed E-state index contributed by atoms with van der Waals surface area (Å²) >= 11 is 1.84. The van der Waals surface area contributed by atoms with E-state index in [0.717, 1.165) is 50.0 Å². The third-order valence-electron chi connectivity index (χ3n) is 3.19. The largest absolute Gasteiger partial charge is 0.379 e. The van der Waals surface area contributed by atoms with Crippen LogP contribution in [0.15, 0.2) is 12.4 Å². The van der Waals surface area contributed by atoms with Gasteiger partial charge in [-0.3, -0.25) is 0 Å². The molecule has 1 atom stereocenters. The maximum absolute atomic E-state index is 5.47. The third kappa shape index (κ3) is 4.54. The Hall–Kier alpha value is -1.01. The monoisotopic (exact) mass is 282 g/mol. The van der Waals surface area contributed by atoms with Gasteiger partial charge < -0.3 is 15.0 Å². The Morgan fingerprint density at radius 2 is 2.42 bits per heavy atom. The summed E-state index contributed by atoms with van der Waals surface area (Å²) in [4.78, 5) is 10.8. The third-order valence-corrected chi connectivity index (χ3v) is 3.78. The Morgan fingerprint density at radius 3 is 3.16 bits per heavy atom. The first-order chi connectivity index (χ1) is 9.29. The predicted molar refractivity (Wildman–Crippen MR) is 81.1 cm³/mol. The second-order valence-corrected chi connectivity index (χ2v) is 5.72. The first kappa shape index (κ1) is 14.4. The molecule has 2 heterocycles. The van der Waals surface area contributed by atoms with E-state index >= 15 is 0 Å². The molecule has 0 spiro atoms. The number of nitrogens with zero attached hydrogens (tertiary/aromatic N) is 3. The molecule has 19 heavy (non-hydrogen) atoms. The Morgan fingerprint density at radius 1 is 1.53 bits per heavy atom. The van der Waals surface area contributed by atoms with Crippen molar-refractivity contribution in [1.29, 1.82) is 0 Å². The second kappa shape index (κ2) is 7.55. The number of anilines is 2. The van der Waals surface area contributed by atoms with Crippen LogP contribution in [0.3, 0.4) is 0 Å². The molecule has 0 aliphatic carbocycles. The van der Waals surface area contributed by atoms with Gasteiger partial charge in [-0.25, -0.2) is 9.97 Å². The molecule has 106 valence electrons. The van der Waals surface area contributed by atoms with Crippen LogP contribution in [-0.4, -0.2) is 54.8 Å². The zero-order chi connectivity index (χ0) is 13.5. The molecule has 0 unspecified atom stereocenters. The smallest absolute Gasteiger partial charge is 0.133 e. The van der Waals surface area contributed by atoms with Crippen LogP contribution in [-0.2, 0) is 4.74 Å². The molecule has 1 aliphatic heterocycles. The first-order valence-electron chi connectivity index (χ1n) is 6.66. The standard InChI is InChI=1S/C13H22N4OS/c1-17(5-7-19-2)13-8-12(14-10-15-13)16-11-4-3-6-18-9-11/h8,10-11H,3-7,9H2,1-2H3,(H,14,15,16)/t11-/m0/s1. The number of aromatic nitrogens is 2. The predicted octanol–water partition coefficient (Wildman–Crippen LogP) is 1.87. The molecule has 5 nitrogen and oxygen atoms in total. The fraction of sp³-hybridized carbons (Fsp3) is 0.692. The van der Waals surface area contributed by atoms with E-state index in [4.69, 9.17) is 4.74 Å². The van der Waals surface area contributed by atoms with Crippen molar-refractivity contribution in [3.8, 4) is 0 Å². The molecule has 0 radical (unpaired) electrons. The number of nitrogens with one attached hydrogen (secondary N) is 1. The zero-order valence-electron chi connectivity index (χ0n) is 11.6. The van der Waals surface area contributed by atoms with Crippen LogP contribution in [0.25, 0.3) is 0 Å². The van der Waals surface area contributed by atoms with Crippen LogP contribution < -0.4 is 10.2 Å². The van der Waals surface area contributed by atoms with Crippen LogP contribution in [0.4, 0.5) is 11.6 Å². The average Bonchev–Trinajstić information content (AvgIpc) is 2.46. The van der Waals surface area contributed by atoms with Crippen LogP contribution in [0.1, 0.15) is 12.8 Å². The van der Waals surface area contributed by atoms with Crippen LogP contribution in [0.5, 0.6) is 0 Å². The van der Waals surface area contributed by atoms with Crippen LogP contribution in [0, 0.1) is 0 Å². The first-order valence-corrected chi connectivity index (χ1v) is 8.05. The summed E-state index contributed by atoms with van der Waals surface area (Å²) in [5.74, 6) is 2.94. The molecule has 1 aromatic rings. The summed E-state index contributed by atoms with van der Waals surface area (Å²) < 4.78 is 5.47. The summed E-state index contributed by atoms with van der Waals surface area (Å²) in [5.41, 5.74) is 0. The molecular formula is C13H22N4OS. The van der Waals surface area contributed by atoms with Crippen molar-refractivity contribution in [2.75, 3.05) is 49.0 Å². The molecule has 6 heteroatoms. The van der Waals surface area contributed by atoms with E-state index in [9.17, 15) is 0 Å². The summed E-state index contributed by atoms with van der Waals surface area (Å²) in [5, 5.41) is 3.42. The van der Waals surface area contributed by atoms with Crippen molar-refractivity contribution in [3.05, 3.63) is 12.4 Å². The molecule has 1 N–H and O–H groups in total. The van der Waals surface area contributed by atoms with Crippen LogP contribution in [0.2, 0.25) is 0 Å². The lowest BCUT2D eigenvalue weighted by atomic mass is 10.1. The van der Waals surface area contributed by atoms with Gasteiger partial charge in [0.1, 0.15) is 18.0 Å². The Kier molecular flexibility index (Phi) is 5.72. The highest BCUT2D eigenvalue weighted by molar-refractivity contribution is 7.98. The minimum Gasteiger partial charge on any atom is -0.379 e. The quantitative estimate of drug-likeness (QED) is 0.859. The van der Waals surface area contributed by atoms with Gasteiger partial charge in [-0.1, -0.05) is 0 Å². The van der Waals surface area contributed by atoms with Crippen molar-refractivity contribution in [2.24, 2.45) is 0 Å². The van der Waals surface area contributed by atoms with Crippen molar-refractivity contribution in [3.63, 3.8) is 0 Å². The molecule has 2 rings (SSSR count). The SMILES string of the molecule is CSCCN(C)c1cc(N[C@H]2CCCOC2)ncn1. The lowest BCUT2D eigenvalue weighted by Crippen LogP contribution is -2.30. The molecule has 0 saturated carbocycles. The summed E-state index contributed by atoms with van der Waals surface area (Å²) in [6.45, 7) is 2.64. The van der Waals surface area contributed by atoms with E-state index in [1.165, 1.54) is 0 Å². The molecular weight excluding hydrogens is 260 g/mol. The van der Waals surface area contributed by atoms with Gasteiger partial charge in [-0.05, 0) is 19.1 Å². The normalized spacial score (nSPS) is 19.2. The lowest BCUT2D eigenvalue weighted by Gasteiger charge is -2.24. The maximum Gasteiger partial charge on any atom is 0.133 e. The minimum atomic E-state index is 0.369. The zero-order valence-corrected chi connectivity index (χ0v) is 12.4. The summed E-state index contributed by atoms with van der Waals surface area (Å²) in [7, 11) is 2.06. The van der Waals surface area contributed by atoms with Crippen molar-refractivity contribution < 1.29 is 4.74 Å². The highest BCUT2D eigenvalue weighted by atomic mass is 32.2. The highest BCUT2D eigenvalue weighted by Crippen LogP contribution is 2.16. The fourth-order valence-electron chi connectivity index (χ4n) is 2.04. The summed E-state index contributed by atoms with van der Waals surface area (Å²) in [6, 6.07) is 2.38. The van der Waals surface area contributed by atoms with E-state index in [1.807, 2.05) is 17.8 Å². The topological polar surface area (TPSA) is 50.3 Å². The van der Waals surface area contributed by atoms with Gasteiger partial charge in [-0.15, -0.1) is 0 Å². The van der Waals surface area contributed by atoms with Gasteiger partial charge in [-0.2, -0.15) is 11.8 Å². The van der Waals surface area contributed by atoms with Gasteiger partial charge >= 0.3 is 0 Å². The van der Waals surface area contributed by atoms with Crippen molar-refractivity contribution in [2.45, 2.75) is 18.9 Å². The van der Waals surface area contributed by atoms with Crippen molar-refractivity contribution in [1.82, 2.24) is 9.97 Å². The van der Waals surface area contributed by atoms with Gasteiger partial charge in [0, 0.05) is 32.0 Å². The number of ether oxygens (including phenoxy) is 1. The highest BCUT2D eigenvalue weighted by Gasteiger charge is 2.14. The minimum absolute atomic E-state index is 0.369. The molecule has 0 bridgehead atoms. The molecule has 0 amide bonds. The number of hydrogen-bond donors (Lipinski definition) is 1. The van der Waals surface area contributed by atoms with E-state index in [2.05, 4.69) is 33.5 Å². The van der Waals surface area contributed by atoms with Gasteiger partial charge in [0.2, 0.25) is 0 Å². The maximum atomic E-state index is 5.47. The van der Waals surface area contributed by atoms with E-state index < -0.39 is 0 Å². The van der Waals surface area contributed by atoms with Gasteiger partial charge in [0.15, 0.2) is 0 Å². The average molecular weight is 282 g/mol.